The monoisotopic (exact) mass is 575 g/mol. The van der Waals surface area contributed by atoms with E-state index in [1.165, 1.54) is 32.8 Å². The Morgan fingerprint density at radius 3 is 2.20 bits per heavy atom. The first-order valence-corrected chi connectivity index (χ1v) is 15.3. The van der Waals surface area contributed by atoms with E-state index in [0.717, 1.165) is 55.4 Å². The number of nitrogens with zero attached hydrogens (tertiary/aromatic N) is 2. The molecule has 1 aliphatic heterocycles. The van der Waals surface area contributed by atoms with Crippen LogP contribution in [-0.4, -0.2) is 11.7 Å². The van der Waals surface area contributed by atoms with Crippen LogP contribution in [0.2, 0.25) is 0 Å². The Morgan fingerprint density at radius 2 is 1.31 bits per heavy atom. The topological polar surface area (TPSA) is 49.9 Å². The van der Waals surface area contributed by atoms with E-state index >= 15 is 0 Å². The maximum Gasteiger partial charge on any atom is 0.159 e. The minimum Gasteiger partial charge on any atom is -0.455 e. The van der Waals surface area contributed by atoms with Crippen molar-refractivity contribution in [2.75, 3.05) is 0 Å². The van der Waals surface area contributed by atoms with Crippen LogP contribution >= 0.6 is 0 Å². The summed E-state index contributed by atoms with van der Waals surface area (Å²) in [7, 11) is 0. The zero-order valence-electron chi connectivity index (χ0n) is 24.2. The average Bonchev–Trinajstić information content (AvgIpc) is 3.65. The smallest absolute Gasteiger partial charge is 0.159 e. The maximum atomic E-state index is 6.75. The second-order valence-electron chi connectivity index (χ2n) is 11.8. The van der Waals surface area contributed by atoms with Crippen LogP contribution in [0.1, 0.15) is 22.9 Å². The van der Waals surface area contributed by atoms with Crippen LogP contribution < -0.4 is 5.32 Å². The number of hydrogen-bond acceptors (Lipinski definition) is 4. The van der Waals surface area contributed by atoms with E-state index in [-0.39, 0.29) is 0 Å². The van der Waals surface area contributed by atoms with E-state index in [0.29, 0.717) is 5.84 Å². The van der Waals surface area contributed by atoms with Crippen molar-refractivity contribution >= 4 is 55.2 Å². The van der Waals surface area contributed by atoms with Gasteiger partial charge < -0.3 is 9.73 Å². The predicted octanol–water partition coefficient (Wildman–Crippen LogP) is 10.0. The summed E-state index contributed by atoms with van der Waals surface area (Å²) in [5.74, 6) is 1.50. The summed E-state index contributed by atoms with van der Waals surface area (Å²) in [6.07, 6.45) is -0.393. The fourth-order valence-corrected chi connectivity index (χ4v) is 7.21. The van der Waals surface area contributed by atoms with Crippen LogP contribution in [0.4, 0.5) is 0 Å². The lowest BCUT2D eigenvalue weighted by molar-refractivity contribution is 0.663. The molecule has 210 valence electrons. The van der Waals surface area contributed by atoms with Crippen molar-refractivity contribution in [1.29, 1.82) is 0 Å². The maximum absolute atomic E-state index is 6.75. The summed E-state index contributed by atoms with van der Waals surface area (Å²) < 4.78 is 6.75. The fraction of sp³-hybridized carbons (Fsp3) is 0.0244. The lowest BCUT2D eigenvalue weighted by atomic mass is 9.94. The van der Waals surface area contributed by atoms with E-state index in [1.807, 2.05) is 24.3 Å². The Morgan fingerprint density at radius 1 is 0.556 bits per heavy atom. The fourth-order valence-electron chi connectivity index (χ4n) is 7.21. The van der Waals surface area contributed by atoms with Crippen LogP contribution in [-0.2, 0) is 0 Å². The Balaban J connectivity index is 1.26. The number of benzene rings is 7. The third kappa shape index (κ3) is 3.60. The molecule has 10 rings (SSSR count). The van der Waals surface area contributed by atoms with Gasteiger partial charge in [-0.3, -0.25) is 0 Å². The molecule has 1 unspecified atom stereocenters. The van der Waals surface area contributed by atoms with Crippen molar-refractivity contribution in [2.24, 2.45) is 9.98 Å². The predicted molar refractivity (Wildman–Crippen MR) is 185 cm³/mol. The van der Waals surface area contributed by atoms with E-state index in [4.69, 9.17) is 14.4 Å². The molecule has 0 bridgehead atoms. The lowest BCUT2D eigenvalue weighted by Crippen LogP contribution is -2.33. The number of fused-ring (bicyclic) bond motifs is 8. The van der Waals surface area contributed by atoms with Crippen LogP contribution in [0.25, 0.3) is 65.7 Å². The Hall–Kier alpha value is -6.00. The minimum atomic E-state index is -0.393. The molecule has 4 nitrogen and oxygen atoms in total. The van der Waals surface area contributed by atoms with E-state index in [2.05, 4.69) is 121 Å². The van der Waals surface area contributed by atoms with Gasteiger partial charge in [-0.1, -0.05) is 121 Å². The molecule has 0 amide bonds. The quantitative estimate of drug-likeness (QED) is 0.228. The third-order valence-corrected chi connectivity index (χ3v) is 9.24. The summed E-state index contributed by atoms with van der Waals surface area (Å²) in [5.41, 5.74) is 9.63. The molecule has 0 saturated carbocycles. The van der Waals surface area contributed by atoms with Gasteiger partial charge in [0.25, 0.3) is 0 Å². The SMILES string of the molecule is c1ccc(C2=NC(c3ccc4ccccc4c3)=NC(c3cc4c(c5oc6ccccc6c35)-c3cccc5cccc-4c35)N2)cc1. The number of aliphatic imine (C=N–C) groups is 2. The highest BCUT2D eigenvalue weighted by Crippen LogP contribution is 2.53. The number of hydrogen-bond donors (Lipinski definition) is 1. The van der Waals surface area contributed by atoms with E-state index < -0.39 is 6.17 Å². The molecule has 8 aromatic rings. The van der Waals surface area contributed by atoms with Crippen molar-refractivity contribution in [3.05, 3.63) is 156 Å². The molecular weight excluding hydrogens is 550 g/mol. The Kier molecular flexibility index (Phi) is 5.02. The second-order valence-corrected chi connectivity index (χ2v) is 11.8. The zero-order valence-corrected chi connectivity index (χ0v) is 24.2. The molecule has 0 fully saturated rings. The molecule has 2 aliphatic rings. The number of para-hydroxylation sites is 1. The number of rotatable bonds is 3. The van der Waals surface area contributed by atoms with Gasteiger partial charge in [0.2, 0.25) is 0 Å². The average molecular weight is 576 g/mol. The largest absolute Gasteiger partial charge is 0.455 e. The van der Waals surface area contributed by atoms with Gasteiger partial charge in [-0.05, 0) is 56.4 Å². The van der Waals surface area contributed by atoms with Crippen LogP contribution in [0.5, 0.6) is 0 Å². The van der Waals surface area contributed by atoms with Crippen molar-refractivity contribution in [3.63, 3.8) is 0 Å². The van der Waals surface area contributed by atoms with Gasteiger partial charge in [-0.2, -0.15) is 0 Å². The molecule has 2 heterocycles. The number of amidine groups is 2. The van der Waals surface area contributed by atoms with Crippen molar-refractivity contribution < 1.29 is 4.42 Å². The van der Waals surface area contributed by atoms with Gasteiger partial charge >= 0.3 is 0 Å². The highest BCUT2D eigenvalue weighted by atomic mass is 16.3. The van der Waals surface area contributed by atoms with Gasteiger partial charge in [0.15, 0.2) is 5.84 Å². The molecular formula is C41H25N3O. The van der Waals surface area contributed by atoms with Crippen LogP contribution in [0, 0.1) is 0 Å². The van der Waals surface area contributed by atoms with Crippen molar-refractivity contribution in [3.8, 4) is 22.3 Å². The zero-order chi connectivity index (χ0) is 29.5. The van der Waals surface area contributed by atoms with Gasteiger partial charge in [0.1, 0.15) is 23.2 Å². The summed E-state index contributed by atoms with van der Waals surface area (Å²) >= 11 is 0. The van der Waals surface area contributed by atoms with Gasteiger partial charge in [0.05, 0.1) is 0 Å². The molecule has 1 aliphatic carbocycles. The summed E-state index contributed by atoms with van der Waals surface area (Å²) in [6, 6.07) is 49.0. The van der Waals surface area contributed by atoms with Crippen LogP contribution in [0.3, 0.4) is 0 Å². The van der Waals surface area contributed by atoms with Gasteiger partial charge in [-0.15, -0.1) is 0 Å². The van der Waals surface area contributed by atoms with E-state index in [1.54, 1.807) is 0 Å². The normalized spacial score (nSPS) is 15.3. The van der Waals surface area contributed by atoms with Gasteiger partial charge in [0, 0.05) is 33.0 Å². The van der Waals surface area contributed by atoms with Crippen molar-refractivity contribution in [2.45, 2.75) is 6.17 Å². The standard InChI is InChI=1S/C41H25N3O/c1-2-11-26(12-3-1)39-42-40(28-21-20-24-10-4-5-13-27(24)22-28)44-41(43-39)33-23-32-29-17-8-14-25-15-9-18-31(35(25)29)37(32)38-36(33)30-16-6-7-19-34(30)45-38/h1-23,41H,(H,42,43,44). The third-order valence-electron chi connectivity index (χ3n) is 9.24. The van der Waals surface area contributed by atoms with E-state index in [9.17, 15) is 0 Å². The van der Waals surface area contributed by atoms with Crippen LogP contribution in [0.15, 0.2) is 154 Å². The summed E-state index contributed by atoms with van der Waals surface area (Å²) in [6.45, 7) is 0. The highest BCUT2D eigenvalue weighted by molar-refractivity contribution is 6.24. The second kappa shape index (κ2) is 9.25. The molecule has 0 spiro atoms. The summed E-state index contributed by atoms with van der Waals surface area (Å²) in [4.78, 5) is 10.4. The molecule has 0 radical (unpaired) electrons. The summed E-state index contributed by atoms with van der Waals surface area (Å²) in [5, 5.41) is 10.8. The molecule has 1 aromatic heterocycles. The minimum absolute atomic E-state index is 0.393. The Bertz CT molecular complexity index is 2570. The number of furan rings is 1. The lowest BCUT2D eigenvalue weighted by Gasteiger charge is -2.25. The molecule has 45 heavy (non-hydrogen) atoms. The molecule has 0 saturated heterocycles. The van der Waals surface area contributed by atoms with Crippen molar-refractivity contribution in [1.82, 2.24) is 5.32 Å². The van der Waals surface area contributed by atoms with Gasteiger partial charge in [-0.25, -0.2) is 9.98 Å². The Labute approximate surface area is 259 Å². The molecule has 1 N–H and O–H groups in total. The number of nitrogens with one attached hydrogen (secondary N) is 1. The highest BCUT2D eigenvalue weighted by Gasteiger charge is 2.31. The molecule has 7 aromatic carbocycles. The molecule has 1 atom stereocenters. The first kappa shape index (κ1) is 24.4. The first-order valence-electron chi connectivity index (χ1n) is 15.3. The first-order chi connectivity index (χ1) is 22.3. The molecule has 4 heteroatoms.